The van der Waals surface area contributed by atoms with Crippen molar-refractivity contribution in [1.29, 1.82) is 0 Å². The zero-order valence-corrected chi connectivity index (χ0v) is 6.11. The molecule has 0 N–H and O–H groups in total. The van der Waals surface area contributed by atoms with E-state index in [2.05, 4.69) is 0 Å². The zero-order valence-electron chi connectivity index (χ0n) is 6.11. The molecule has 2 radical (unpaired) electrons. The molecule has 0 spiro atoms. The average Bonchev–Trinajstić information content (AvgIpc) is 1.82. The Labute approximate surface area is 61.5 Å². The highest BCUT2D eigenvalue weighted by Gasteiger charge is 1.99. The summed E-state index contributed by atoms with van der Waals surface area (Å²) in [6.45, 7) is 3.49. The summed E-state index contributed by atoms with van der Waals surface area (Å²) in [5, 5.41) is 0. The molecule has 50 valence electrons. The highest BCUT2D eigenvalue weighted by Crippen LogP contribution is 2.04. The number of hydrogen-bond acceptors (Lipinski definition) is 0. The number of aryl methyl sites for hydroxylation is 1. The van der Waals surface area contributed by atoms with Gasteiger partial charge in [0.15, 0.2) is 0 Å². The molecule has 1 aromatic rings. The van der Waals surface area contributed by atoms with E-state index in [0.717, 1.165) is 5.56 Å². The lowest BCUT2D eigenvalue weighted by Crippen LogP contribution is -2.09. The summed E-state index contributed by atoms with van der Waals surface area (Å²) in [5.74, 6) is -0.225. The molecular weight excluding hydrogens is 126 g/mol. The van der Waals surface area contributed by atoms with E-state index in [9.17, 15) is 4.39 Å². The lowest BCUT2D eigenvalue weighted by Gasteiger charge is -2.02. The molecule has 1 rings (SSSR count). The van der Waals surface area contributed by atoms with Crippen LogP contribution < -0.4 is 5.46 Å². The summed E-state index contributed by atoms with van der Waals surface area (Å²) < 4.78 is 12.8. The second kappa shape index (κ2) is 2.45. The van der Waals surface area contributed by atoms with Crippen LogP contribution in [0.5, 0.6) is 0 Å². The third-order valence-corrected chi connectivity index (χ3v) is 1.53. The Bertz CT molecular complexity index is 232. The van der Waals surface area contributed by atoms with Gasteiger partial charge in [-0.1, -0.05) is 11.5 Å². The van der Waals surface area contributed by atoms with Gasteiger partial charge in [0.25, 0.3) is 0 Å². The first-order valence-electron chi connectivity index (χ1n) is 3.13. The molecule has 0 nitrogen and oxygen atoms in total. The minimum atomic E-state index is -0.225. The SMILES string of the molecule is [B]c1cc(C)cc(F)c1C. The third-order valence-electron chi connectivity index (χ3n) is 1.53. The van der Waals surface area contributed by atoms with Crippen molar-refractivity contribution in [1.82, 2.24) is 0 Å². The van der Waals surface area contributed by atoms with E-state index < -0.39 is 0 Å². The van der Waals surface area contributed by atoms with Gasteiger partial charge in [0.05, 0.1) is 0 Å². The Balaban J connectivity index is 3.31. The van der Waals surface area contributed by atoms with Crippen molar-refractivity contribution in [3.8, 4) is 0 Å². The van der Waals surface area contributed by atoms with Gasteiger partial charge in [-0.3, -0.25) is 0 Å². The van der Waals surface area contributed by atoms with Gasteiger partial charge in [-0.15, -0.1) is 0 Å². The maximum Gasteiger partial charge on any atom is 0.125 e. The summed E-state index contributed by atoms with van der Waals surface area (Å²) in [6.07, 6.45) is 0. The van der Waals surface area contributed by atoms with Crippen LogP contribution in [0, 0.1) is 19.7 Å². The molecule has 0 atom stereocenters. The van der Waals surface area contributed by atoms with Crippen LogP contribution in [0.3, 0.4) is 0 Å². The molecule has 0 amide bonds. The van der Waals surface area contributed by atoms with Crippen LogP contribution in [0.4, 0.5) is 4.39 Å². The van der Waals surface area contributed by atoms with Crippen LogP contribution in [0.15, 0.2) is 12.1 Å². The topological polar surface area (TPSA) is 0 Å². The fraction of sp³-hybridized carbons (Fsp3) is 0.250. The Kier molecular flexibility index (Phi) is 1.79. The molecule has 0 heterocycles. The predicted molar refractivity (Wildman–Crippen MR) is 41.3 cm³/mol. The van der Waals surface area contributed by atoms with Crippen LogP contribution in [0.2, 0.25) is 0 Å². The van der Waals surface area contributed by atoms with E-state index in [4.69, 9.17) is 7.85 Å². The maximum atomic E-state index is 12.8. The van der Waals surface area contributed by atoms with E-state index >= 15 is 0 Å². The zero-order chi connectivity index (χ0) is 7.72. The van der Waals surface area contributed by atoms with Crippen LogP contribution >= 0.6 is 0 Å². The normalized spacial score (nSPS) is 9.90. The van der Waals surface area contributed by atoms with E-state index in [-0.39, 0.29) is 5.82 Å². The fourth-order valence-electron chi connectivity index (χ4n) is 0.841. The second-order valence-electron chi connectivity index (χ2n) is 2.46. The van der Waals surface area contributed by atoms with Crippen molar-refractivity contribution in [2.75, 3.05) is 0 Å². The van der Waals surface area contributed by atoms with Crippen LogP contribution in [-0.2, 0) is 0 Å². The molecule has 0 saturated heterocycles. The van der Waals surface area contributed by atoms with Gasteiger partial charge in [0.2, 0.25) is 0 Å². The van der Waals surface area contributed by atoms with Crippen molar-refractivity contribution < 1.29 is 4.39 Å². The molecule has 0 saturated carbocycles. The van der Waals surface area contributed by atoms with Gasteiger partial charge in [0.1, 0.15) is 13.7 Å². The first kappa shape index (κ1) is 7.32. The number of rotatable bonds is 0. The molecule has 0 aliphatic rings. The van der Waals surface area contributed by atoms with E-state index in [1.807, 2.05) is 6.92 Å². The van der Waals surface area contributed by atoms with Gasteiger partial charge in [-0.2, -0.15) is 0 Å². The molecule has 0 aliphatic carbocycles. The van der Waals surface area contributed by atoms with E-state index in [1.54, 1.807) is 13.0 Å². The van der Waals surface area contributed by atoms with Crippen molar-refractivity contribution in [2.24, 2.45) is 0 Å². The van der Waals surface area contributed by atoms with Crippen molar-refractivity contribution >= 4 is 13.3 Å². The van der Waals surface area contributed by atoms with Crippen LogP contribution in [-0.4, -0.2) is 7.85 Å². The smallest absolute Gasteiger partial charge is 0.125 e. The average molecular weight is 134 g/mol. The summed E-state index contributed by atoms with van der Waals surface area (Å²) in [6, 6.07) is 3.24. The predicted octanol–water partition coefficient (Wildman–Crippen LogP) is 1.24. The number of hydrogen-bond donors (Lipinski definition) is 0. The highest BCUT2D eigenvalue weighted by atomic mass is 19.1. The minimum Gasteiger partial charge on any atom is -0.207 e. The molecule has 0 unspecified atom stereocenters. The number of benzene rings is 1. The van der Waals surface area contributed by atoms with Gasteiger partial charge in [0, 0.05) is 0 Å². The van der Waals surface area contributed by atoms with Gasteiger partial charge < -0.3 is 0 Å². The minimum absolute atomic E-state index is 0.225. The van der Waals surface area contributed by atoms with Crippen molar-refractivity contribution in [3.63, 3.8) is 0 Å². The standard InChI is InChI=1S/C8H8BF/c1-5-3-7(9)6(2)8(10)4-5/h3-4H,1-2H3. The summed E-state index contributed by atoms with van der Waals surface area (Å²) >= 11 is 0. The quantitative estimate of drug-likeness (QED) is 0.468. The molecule has 0 bridgehead atoms. The van der Waals surface area contributed by atoms with Crippen molar-refractivity contribution in [2.45, 2.75) is 13.8 Å². The molecule has 0 aromatic heterocycles. The molecular formula is C8H8BF. The van der Waals surface area contributed by atoms with Crippen LogP contribution in [0.25, 0.3) is 0 Å². The van der Waals surface area contributed by atoms with E-state index in [0.29, 0.717) is 11.0 Å². The Morgan fingerprint density at radius 2 is 1.90 bits per heavy atom. The van der Waals surface area contributed by atoms with Crippen LogP contribution in [0.1, 0.15) is 11.1 Å². The summed E-state index contributed by atoms with van der Waals surface area (Å²) in [7, 11) is 5.48. The van der Waals surface area contributed by atoms with Gasteiger partial charge >= 0.3 is 0 Å². The monoisotopic (exact) mass is 134 g/mol. The molecule has 0 aliphatic heterocycles. The molecule has 0 fully saturated rings. The second-order valence-corrected chi connectivity index (χ2v) is 2.46. The van der Waals surface area contributed by atoms with E-state index in [1.165, 1.54) is 6.07 Å². The fourth-order valence-corrected chi connectivity index (χ4v) is 0.841. The first-order valence-corrected chi connectivity index (χ1v) is 3.13. The molecule has 2 heteroatoms. The summed E-state index contributed by atoms with van der Waals surface area (Å²) in [4.78, 5) is 0. The van der Waals surface area contributed by atoms with Crippen molar-refractivity contribution in [3.05, 3.63) is 29.1 Å². The Morgan fingerprint density at radius 3 is 2.40 bits per heavy atom. The highest BCUT2D eigenvalue weighted by molar-refractivity contribution is 6.33. The lowest BCUT2D eigenvalue weighted by molar-refractivity contribution is 0.619. The number of halogens is 1. The van der Waals surface area contributed by atoms with Gasteiger partial charge in [-0.25, -0.2) is 4.39 Å². The molecule has 1 aromatic carbocycles. The molecule has 10 heavy (non-hydrogen) atoms. The summed E-state index contributed by atoms with van der Waals surface area (Å²) in [5.41, 5.74) is 1.92. The third kappa shape index (κ3) is 1.20. The first-order chi connectivity index (χ1) is 4.61. The largest absolute Gasteiger partial charge is 0.207 e. The lowest BCUT2D eigenvalue weighted by atomic mass is 9.89. The van der Waals surface area contributed by atoms with Gasteiger partial charge in [-0.05, 0) is 31.0 Å². The maximum absolute atomic E-state index is 12.8. The Hall–Kier alpha value is -0.785. The Morgan fingerprint density at radius 1 is 1.30 bits per heavy atom.